The number of carbonyl (C=O) groups excluding carboxylic acids is 1. The van der Waals surface area contributed by atoms with Gasteiger partial charge in [0.15, 0.2) is 0 Å². The molecule has 17 heavy (non-hydrogen) atoms. The van der Waals surface area contributed by atoms with Crippen molar-refractivity contribution in [3.05, 3.63) is 33.2 Å². The van der Waals surface area contributed by atoms with Crippen molar-refractivity contribution >= 4 is 5.91 Å². The summed E-state index contributed by atoms with van der Waals surface area (Å²) in [5, 5.41) is 0. The van der Waals surface area contributed by atoms with Crippen LogP contribution >= 0.6 is 0 Å². The van der Waals surface area contributed by atoms with Crippen molar-refractivity contribution < 1.29 is 14.4 Å². The lowest BCUT2D eigenvalue weighted by Gasteiger charge is -2.07. The Hall–Kier alpha value is -1.66. The van der Waals surface area contributed by atoms with E-state index in [9.17, 15) is 9.59 Å². The van der Waals surface area contributed by atoms with E-state index in [-0.39, 0.29) is 12.2 Å². The first-order valence-corrected chi connectivity index (χ1v) is 5.18. The van der Waals surface area contributed by atoms with Crippen LogP contribution in [0.2, 0.25) is 0 Å². The number of aryl methyl sites for hydroxylation is 2. The highest BCUT2D eigenvalue weighted by molar-refractivity contribution is 5.94. The van der Waals surface area contributed by atoms with Gasteiger partial charge in [0.05, 0.1) is 13.2 Å². The Morgan fingerprint density at radius 2 is 2.12 bits per heavy atom. The number of aromatic nitrogens is 1. The molecule has 2 N–H and O–H groups in total. The minimum absolute atomic E-state index is 0.0630. The molecule has 0 aliphatic rings. The van der Waals surface area contributed by atoms with Gasteiger partial charge in [0.1, 0.15) is 5.56 Å². The fourth-order valence-electron chi connectivity index (χ4n) is 1.43. The summed E-state index contributed by atoms with van der Waals surface area (Å²) in [7, 11) is 1.53. The number of ether oxygens (including phenoxy) is 1. The van der Waals surface area contributed by atoms with Crippen LogP contribution in [-0.2, 0) is 9.57 Å². The standard InChI is InChI=1S/C11H16N2O4/c1-7-6-8(2)12-10(14)9(7)11(15)13-17-5-4-16-3/h6H,4-5H2,1-3H3,(H,12,14)(H,13,15). The molecule has 0 aliphatic carbocycles. The van der Waals surface area contributed by atoms with Crippen LogP contribution in [0, 0.1) is 13.8 Å². The van der Waals surface area contributed by atoms with Gasteiger partial charge in [-0.3, -0.25) is 14.4 Å². The molecule has 6 nitrogen and oxygen atoms in total. The number of hydroxylamine groups is 1. The summed E-state index contributed by atoms with van der Waals surface area (Å²) in [4.78, 5) is 30.7. The summed E-state index contributed by atoms with van der Waals surface area (Å²) < 4.78 is 4.75. The Kier molecular flexibility index (Phi) is 4.86. The highest BCUT2D eigenvalue weighted by atomic mass is 16.7. The van der Waals surface area contributed by atoms with Crippen LogP contribution in [0.1, 0.15) is 21.6 Å². The smallest absolute Gasteiger partial charge is 0.280 e. The Labute approximate surface area is 98.9 Å². The molecule has 1 aromatic rings. The molecule has 0 spiro atoms. The maximum atomic E-state index is 11.7. The quantitative estimate of drug-likeness (QED) is 0.573. The largest absolute Gasteiger partial charge is 0.382 e. The van der Waals surface area contributed by atoms with E-state index in [0.29, 0.717) is 17.9 Å². The Morgan fingerprint density at radius 1 is 1.41 bits per heavy atom. The SMILES string of the molecule is COCCONC(=O)c1c(C)cc(C)[nH]c1=O. The van der Waals surface area contributed by atoms with E-state index in [2.05, 4.69) is 10.5 Å². The van der Waals surface area contributed by atoms with E-state index in [4.69, 9.17) is 9.57 Å². The number of hydrogen-bond donors (Lipinski definition) is 2. The summed E-state index contributed by atoms with van der Waals surface area (Å²) in [5.74, 6) is -0.556. The summed E-state index contributed by atoms with van der Waals surface area (Å²) >= 11 is 0. The van der Waals surface area contributed by atoms with E-state index in [0.717, 1.165) is 0 Å². The molecule has 1 amide bonds. The molecule has 0 aliphatic heterocycles. The van der Waals surface area contributed by atoms with Gasteiger partial charge in [0.25, 0.3) is 11.5 Å². The van der Waals surface area contributed by atoms with Crippen LogP contribution in [0.25, 0.3) is 0 Å². The van der Waals surface area contributed by atoms with Crippen molar-refractivity contribution in [1.82, 2.24) is 10.5 Å². The molecular weight excluding hydrogens is 224 g/mol. The van der Waals surface area contributed by atoms with Gasteiger partial charge >= 0.3 is 0 Å². The monoisotopic (exact) mass is 240 g/mol. The second-order valence-electron chi connectivity index (χ2n) is 3.61. The molecule has 0 atom stereocenters. The average Bonchev–Trinajstić information content (AvgIpc) is 2.23. The van der Waals surface area contributed by atoms with Crippen LogP contribution in [-0.4, -0.2) is 31.2 Å². The summed E-state index contributed by atoms with van der Waals surface area (Å²) in [5.41, 5.74) is 3.16. The van der Waals surface area contributed by atoms with Crippen LogP contribution in [0.4, 0.5) is 0 Å². The predicted molar refractivity (Wildman–Crippen MR) is 61.8 cm³/mol. The van der Waals surface area contributed by atoms with Crippen molar-refractivity contribution in [1.29, 1.82) is 0 Å². The molecule has 0 aromatic carbocycles. The van der Waals surface area contributed by atoms with Gasteiger partial charge in [0, 0.05) is 12.8 Å². The van der Waals surface area contributed by atoms with Gasteiger partial charge in [-0.25, -0.2) is 5.48 Å². The Balaban J connectivity index is 2.73. The van der Waals surface area contributed by atoms with Crippen molar-refractivity contribution in [2.75, 3.05) is 20.3 Å². The van der Waals surface area contributed by atoms with Gasteiger partial charge < -0.3 is 9.72 Å². The van der Waals surface area contributed by atoms with E-state index in [1.54, 1.807) is 19.9 Å². The maximum absolute atomic E-state index is 11.7. The highest BCUT2D eigenvalue weighted by Crippen LogP contribution is 2.03. The predicted octanol–water partition coefficient (Wildman–Crippen LogP) is 0.300. The van der Waals surface area contributed by atoms with Crippen LogP contribution < -0.4 is 11.0 Å². The number of carbonyl (C=O) groups is 1. The zero-order valence-electron chi connectivity index (χ0n) is 10.1. The van der Waals surface area contributed by atoms with Crippen molar-refractivity contribution in [3.63, 3.8) is 0 Å². The van der Waals surface area contributed by atoms with Crippen molar-refractivity contribution in [2.45, 2.75) is 13.8 Å². The third kappa shape index (κ3) is 3.69. The zero-order chi connectivity index (χ0) is 12.8. The lowest BCUT2D eigenvalue weighted by molar-refractivity contribution is 0.00875. The molecule has 0 unspecified atom stereocenters. The molecule has 0 fully saturated rings. The second-order valence-corrected chi connectivity index (χ2v) is 3.61. The molecule has 1 aromatic heterocycles. The number of hydrogen-bond acceptors (Lipinski definition) is 4. The van der Waals surface area contributed by atoms with Gasteiger partial charge in [0.2, 0.25) is 0 Å². The van der Waals surface area contributed by atoms with E-state index in [1.165, 1.54) is 7.11 Å². The van der Waals surface area contributed by atoms with Crippen molar-refractivity contribution in [3.8, 4) is 0 Å². The maximum Gasteiger partial charge on any atom is 0.280 e. The topological polar surface area (TPSA) is 80.4 Å². The Morgan fingerprint density at radius 3 is 2.71 bits per heavy atom. The molecule has 0 saturated carbocycles. The normalized spacial score (nSPS) is 10.3. The highest BCUT2D eigenvalue weighted by Gasteiger charge is 2.14. The average molecular weight is 240 g/mol. The summed E-state index contributed by atoms with van der Waals surface area (Å²) in [6.45, 7) is 4.05. The lowest BCUT2D eigenvalue weighted by atomic mass is 10.1. The number of amides is 1. The number of rotatable bonds is 5. The molecule has 1 heterocycles. The van der Waals surface area contributed by atoms with Gasteiger partial charge in [-0.15, -0.1) is 0 Å². The summed E-state index contributed by atoms with van der Waals surface area (Å²) in [6.07, 6.45) is 0. The molecular formula is C11H16N2O4. The number of aromatic amines is 1. The molecule has 0 bridgehead atoms. The fraction of sp³-hybridized carbons (Fsp3) is 0.455. The Bertz CT molecular complexity index is 453. The summed E-state index contributed by atoms with van der Waals surface area (Å²) in [6, 6.07) is 1.73. The molecule has 94 valence electrons. The zero-order valence-corrected chi connectivity index (χ0v) is 10.1. The first-order valence-electron chi connectivity index (χ1n) is 5.18. The third-order valence-electron chi connectivity index (χ3n) is 2.15. The van der Waals surface area contributed by atoms with E-state index in [1.807, 2.05) is 0 Å². The molecule has 0 radical (unpaired) electrons. The second kappa shape index (κ2) is 6.17. The third-order valence-corrected chi connectivity index (χ3v) is 2.15. The number of methoxy groups -OCH3 is 1. The fourth-order valence-corrected chi connectivity index (χ4v) is 1.43. The van der Waals surface area contributed by atoms with E-state index >= 15 is 0 Å². The number of H-pyrrole nitrogens is 1. The van der Waals surface area contributed by atoms with Crippen molar-refractivity contribution in [2.24, 2.45) is 0 Å². The van der Waals surface area contributed by atoms with Gasteiger partial charge in [-0.2, -0.15) is 0 Å². The molecule has 6 heteroatoms. The van der Waals surface area contributed by atoms with E-state index < -0.39 is 11.5 Å². The first kappa shape index (κ1) is 13.4. The van der Waals surface area contributed by atoms with Crippen LogP contribution in [0.5, 0.6) is 0 Å². The van der Waals surface area contributed by atoms with Crippen LogP contribution in [0.15, 0.2) is 10.9 Å². The number of nitrogens with one attached hydrogen (secondary N) is 2. The minimum Gasteiger partial charge on any atom is -0.382 e. The number of pyridine rings is 1. The first-order chi connectivity index (χ1) is 8.06. The molecule has 0 saturated heterocycles. The lowest BCUT2D eigenvalue weighted by Crippen LogP contribution is -2.32. The van der Waals surface area contributed by atoms with Gasteiger partial charge in [-0.05, 0) is 25.5 Å². The molecule has 1 rings (SSSR count). The minimum atomic E-state index is -0.556. The van der Waals surface area contributed by atoms with Gasteiger partial charge in [-0.1, -0.05) is 0 Å². The van der Waals surface area contributed by atoms with Crippen LogP contribution in [0.3, 0.4) is 0 Å².